The van der Waals surface area contributed by atoms with E-state index in [-0.39, 0.29) is 18.6 Å². The van der Waals surface area contributed by atoms with Crippen LogP contribution >= 0.6 is 11.6 Å². The SMILES string of the molecule is Cc1ccc(OCc2cccc(C(=O)NC3CCCCC3)n2)c(Cl)c1. The van der Waals surface area contributed by atoms with E-state index < -0.39 is 0 Å². The van der Waals surface area contributed by atoms with Gasteiger partial charge in [-0.1, -0.05) is 43.0 Å². The van der Waals surface area contributed by atoms with Gasteiger partial charge in [-0.3, -0.25) is 4.79 Å². The molecular formula is C20H23ClN2O2. The topological polar surface area (TPSA) is 51.2 Å². The number of ether oxygens (including phenoxy) is 1. The number of carbonyl (C=O) groups excluding carboxylic acids is 1. The maximum Gasteiger partial charge on any atom is 0.270 e. The first-order valence-corrected chi connectivity index (χ1v) is 9.15. The van der Waals surface area contributed by atoms with Gasteiger partial charge in [-0.25, -0.2) is 4.98 Å². The molecule has 3 rings (SSSR count). The van der Waals surface area contributed by atoms with E-state index in [4.69, 9.17) is 16.3 Å². The van der Waals surface area contributed by atoms with E-state index >= 15 is 0 Å². The molecule has 2 aromatic rings. The number of hydrogen-bond acceptors (Lipinski definition) is 3. The molecule has 0 aliphatic heterocycles. The van der Waals surface area contributed by atoms with Crippen LogP contribution in [0.25, 0.3) is 0 Å². The molecule has 4 nitrogen and oxygen atoms in total. The number of hydrogen-bond donors (Lipinski definition) is 1. The quantitative estimate of drug-likeness (QED) is 0.843. The van der Waals surface area contributed by atoms with Crippen molar-refractivity contribution in [1.82, 2.24) is 10.3 Å². The maximum absolute atomic E-state index is 12.4. The summed E-state index contributed by atoms with van der Waals surface area (Å²) in [4.78, 5) is 16.8. The van der Waals surface area contributed by atoms with E-state index in [2.05, 4.69) is 10.3 Å². The van der Waals surface area contributed by atoms with Crippen LogP contribution in [0.4, 0.5) is 0 Å². The molecule has 1 aromatic heterocycles. The van der Waals surface area contributed by atoms with Crippen molar-refractivity contribution in [3.63, 3.8) is 0 Å². The lowest BCUT2D eigenvalue weighted by Crippen LogP contribution is -2.36. The van der Waals surface area contributed by atoms with Crippen molar-refractivity contribution in [1.29, 1.82) is 0 Å². The van der Waals surface area contributed by atoms with Crippen LogP contribution in [0, 0.1) is 6.92 Å². The van der Waals surface area contributed by atoms with Gasteiger partial charge < -0.3 is 10.1 Å². The summed E-state index contributed by atoms with van der Waals surface area (Å²) in [7, 11) is 0. The number of nitrogens with zero attached hydrogens (tertiary/aromatic N) is 1. The zero-order valence-corrected chi connectivity index (χ0v) is 15.2. The highest BCUT2D eigenvalue weighted by atomic mass is 35.5. The summed E-state index contributed by atoms with van der Waals surface area (Å²) in [5, 5.41) is 3.66. The summed E-state index contributed by atoms with van der Waals surface area (Å²) in [5.41, 5.74) is 2.21. The predicted molar refractivity (Wildman–Crippen MR) is 99.1 cm³/mol. The molecule has 0 unspecified atom stereocenters. The Labute approximate surface area is 153 Å². The molecular weight excluding hydrogens is 336 g/mol. The van der Waals surface area contributed by atoms with E-state index in [0.29, 0.717) is 22.2 Å². The third-order valence-electron chi connectivity index (χ3n) is 4.44. The monoisotopic (exact) mass is 358 g/mol. The van der Waals surface area contributed by atoms with Gasteiger partial charge in [-0.15, -0.1) is 0 Å². The molecule has 25 heavy (non-hydrogen) atoms. The van der Waals surface area contributed by atoms with Crippen LogP contribution in [0.2, 0.25) is 5.02 Å². The van der Waals surface area contributed by atoms with Gasteiger partial charge in [0.2, 0.25) is 0 Å². The fourth-order valence-corrected chi connectivity index (χ4v) is 3.36. The fraction of sp³-hybridized carbons (Fsp3) is 0.400. The Hall–Kier alpha value is -2.07. The van der Waals surface area contributed by atoms with Gasteiger partial charge in [-0.2, -0.15) is 0 Å². The zero-order valence-electron chi connectivity index (χ0n) is 14.4. The Balaban J connectivity index is 1.61. The molecule has 0 spiro atoms. The third-order valence-corrected chi connectivity index (χ3v) is 4.74. The highest BCUT2D eigenvalue weighted by Crippen LogP contribution is 2.25. The number of carbonyl (C=O) groups is 1. The molecule has 0 atom stereocenters. The molecule has 1 aromatic carbocycles. The first-order chi connectivity index (χ1) is 12.1. The predicted octanol–water partition coefficient (Wildman–Crippen LogP) is 4.68. The highest BCUT2D eigenvalue weighted by molar-refractivity contribution is 6.32. The standard InChI is InChI=1S/C20H23ClN2O2/c1-14-10-11-19(17(21)12-14)25-13-16-8-5-9-18(22-16)20(24)23-15-6-3-2-4-7-15/h5,8-12,15H,2-4,6-7,13H2,1H3,(H,23,24). The minimum Gasteiger partial charge on any atom is -0.486 e. The van der Waals surface area contributed by atoms with Gasteiger partial charge in [0.1, 0.15) is 18.1 Å². The molecule has 1 fully saturated rings. The number of benzene rings is 1. The van der Waals surface area contributed by atoms with E-state index in [1.807, 2.05) is 37.3 Å². The van der Waals surface area contributed by atoms with Gasteiger partial charge in [0.25, 0.3) is 5.91 Å². The lowest BCUT2D eigenvalue weighted by atomic mass is 9.95. The first-order valence-electron chi connectivity index (χ1n) is 8.77. The maximum atomic E-state index is 12.4. The second-order valence-electron chi connectivity index (χ2n) is 6.55. The van der Waals surface area contributed by atoms with E-state index in [1.165, 1.54) is 19.3 Å². The minimum atomic E-state index is -0.109. The summed E-state index contributed by atoms with van der Waals surface area (Å²) in [6.07, 6.45) is 5.74. The van der Waals surface area contributed by atoms with Crippen LogP contribution in [0.5, 0.6) is 5.75 Å². The van der Waals surface area contributed by atoms with Crippen molar-refractivity contribution >= 4 is 17.5 Å². The lowest BCUT2D eigenvalue weighted by Gasteiger charge is -2.22. The molecule has 1 aliphatic rings. The number of rotatable bonds is 5. The largest absolute Gasteiger partial charge is 0.486 e. The number of pyridine rings is 1. The Bertz CT molecular complexity index is 742. The van der Waals surface area contributed by atoms with Crippen molar-refractivity contribution in [2.45, 2.75) is 51.7 Å². The molecule has 1 heterocycles. The van der Waals surface area contributed by atoms with Crippen LogP contribution in [-0.4, -0.2) is 16.9 Å². The van der Waals surface area contributed by atoms with Gasteiger partial charge in [-0.05, 0) is 49.6 Å². The van der Waals surface area contributed by atoms with E-state index in [1.54, 1.807) is 6.07 Å². The summed E-state index contributed by atoms with van der Waals surface area (Å²) in [5.74, 6) is 0.508. The number of aromatic nitrogens is 1. The Morgan fingerprint density at radius 3 is 2.80 bits per heavy atom. The second kappa shape index (κ2) is 8.34. The molecule has 1 aliphatic carbocycles. The van der Waals surface area contributed by atoms with Crippen LogP contribution in [0.3, 0.4) is 0 Å². The van der Waals surface area contributed by atoms with Crippen molar-refractivity contribution < 1.29 is 9.53 Å². The molecule has 1 saturated carbocycles. The molecule has 0 bridgehead atoms. The second-order valence-corrected chi connectivity index (χ2v) is 6.95. The van der Waals surface area contributed by atoms with E-state index in [0.717, 1.165) is 18.4 Å². The number of amides is 1. The molecule has 0 saturated heterocycles. The average molecular weight is 359 g/mol. The molecule has 132 valence electrons. The summed E-state index contributed by atoms with van der Waals surface area (Å²) >= 11 is 6.18. The van der Waals surface area contributed by atoms with Crippen molar-refractivity contribution in [3.05, 3.63) is 58.4 Å². The van der Waals surface area contributed by atoms with Crippen LogP contribution in [0.15, 0.2) is 36.4 Å². The molecule has 1 amide bonds. The number of halogens is 1. The molecule has 5 heteroatoms. The highest BCUT2D eigenvalue weighted by Gasteiger charge is 2.17. The van der Waals surface area contributed by atoms with Gasteiger partial charge in [0.15, 0.2) is 0 Å². The smallest absolute Gasteiger partial charge is 0.270 e. The normalized spacial score (nSPS) is 15.0. The lowest BCUT2D eigenvalue weighted by molar-refractivity contribution is 0.0922. The zero-order chi connectivity index (χ0) is 17.6. The van der Waals surface area contributed by atoms with Crippen LogP contribution in [-0.2, 0) is 6.61 Å². The van der Waals surface area contributed by atoms with Gasteiger partial charge in [0, 0.05) is 6.04 Å². The number of aryl methyl sites for hydroxylation is 1. The average Bonchev–Trinajstić information content (AvgIpc) is 2.62. The summed E-state index contributed by atoms with van der Waals surface area (Å²) < 4.78 is 5.74. The Kier molecular flexibility index (Phi) is 5.92. The van der Waals surface area contributed by atoms with Crippen LogP contribution in [0.1, 0.15) is 53.8 Å². The van der Waals surface area contributed by atoms with Crippen LogP contribution < -0.4 is 10.1 Å². The fourth-order valence-electron chi connectivity index (χ4n) is 3.07. The van der Waals surface area contributed by atoms with Crippen molar-refractivity contribution in [2.75, 3.05) is 0 Å². The number of nitrogens with one attached hydrogen (secondary N) is 1. The molecule has 0 radical (unpaired) electrons. The van der Waals surface area contributed by atoms with Gasteiger partial charge >= 0.3 is 0 Å². The van der Waals surface area contributed by atoms with E-state index in [9.17, 15) is 4.79 Å². The van der Waals surface area contributed by atoms with Crippen molar-refractivity contribution in [3.8, 4) is 5.75 Å². The Morgan fingerprint density at radius 2 is 2.04 bits per heavy atom. The van der Waals surface area contributed by atoms with Gasteiger partial charge in [0.05, 0.1) is 10.7 Å². The minimum absolute atomic E-state index is 0.109. The van der Waals surface area contributed by atoms with Crippen molar-refractivity contribution in [2.24, 2.45) is 0 Å². The first kappa shape index (κ1) is 17.7. The summed E-state index contributed by atoms with van der Waals surface area (Å²) in [6.45, 7) is 2.25. The molecule has 1 N–H and O–H groups in total. The Morgan fingerprint density at radius 1 is 1.24 bits per heavy atom. The third kappa shape index (κ3) is 4.95. The summed E-state index contributed by atoms with van der Waals surface area (Å²) in [6, 6.07) is 11.3.